The highest BCUT2D eigenvalue weighted by molar-refractivity contribution is 4.95. The zero-order valence-electron chi connectivity index (χ0n) is 17.7. The molecule has 0 aliphatic carbocycles. The second kappa shape index (κ2) is 11.6. The molecule has 15 atom stereocenters. The molecule has 0 amide bonds. The fourth-order valence-corrected chi connectivity index (χ4v) is 4.02. The van der Waals surface area contributed by atoms with Crippen molar-refractivity contribution in [3.8, 4) is 0 Å². The molecule has 16 heteroatoms. The van der Waals surface area contributed by atoms with Crippen molar-refractivity contribution in [3.63, 3.8) is 0 Å². The van der Waals surface area contributed by atoms with Crippen LogP contribution in [0, 0.1) is 0 Å². The number of hydrogen-bond donors (Lipinski definition) is 11. The third kappa shape index (κ3) is 5.37. The van der Waals surface area contributed by atoms with E-state index in [1.54, 1.807) is 0 Å². The van der Waals surface area contributed by atoms with Crippen LogP contribution >= 0.6 is 0 Å². The lowest BCUT2D eigenvalue weighted by molar-refractivity contribution is -0.391. The van der Waals surface area contributed by atoms with Gasteiger partial charge in [0.2, 0.25) is 0 Å². The van der Waals surface area contributed by atoms with Crippen molar-refractivity contribution in [3.05, 3.63) is 0 Å². The molecule has 3 rings (SSSR count). The van der Waals surface area contributed by atoms with Crippen molar-refractivity contribution in [2.24, 2.45) is 0 Å². The average Bonchev–Trinajstić information content (AvgIpc) is 2.83. The number of aliphatic hydroxyl groups excluding tert-OH is 11. The molecule has 11 N–H and O–H groups in total. The molecule has 0 spiro atoms. The molecule has 0 radical (unpaired) electrons. The maximum Gasteiger partial charge on any atom is 0.187 e. The van der Waals surface area contributed by atoms with Gasteiger partial charge in [-0.25, -0.2) is 0 Å². The van der Waals surface area contributed by atoms with Crippen LogP contribution in [0.4, 0.5) is 0 Å². The first-order valence-electron chi connectivity index (χ1n) is 10.6. The average molecular weight is 504 g/mol. The van der Waals surface area contributed by atoms with Gasteiger partial charge in [-0.2, -0.15) is 0 Å². The minimum Gasteiger partial charge on any atom is -0.394 e. The van der Waals surface area contributed by atoms with Crippen LogP contribution in [0.25, 0.3) is 0 Å². The SMILES string of the molecule is OC[C@H]1O[C@@H](O[C@H]2[C@H](O[C@@H]3[C@@H](O)[C@H](O)[C@@H](CO)O[C@@H]3O)O[C@H](CO)[C@@H](O)[C@@H]2O)[C@H](O)[C@@H](O)[C@@H]1O. The van der Waals surface area contributed by atoms with E-state index >= 15 is 0 Å². The van der Waals surface area contributed by atoms with Gasteiger partial charge in [-0.15, -0.1) is 0 Å². The molecule has 3 fully saturated rings. The Morgan fingerprint density at radius 3 is 1.38 bits per heavy atom. The van der Waals surface area contributed by atoms with Crippen LogP contribution in [0.1, 0.15) is 0 Å². The van der Waals surface area contributed by atoms with E-state index in [1.807, 2.05) is 0 Å². The van der Waals surface area contributed by atoms with Crippen molar-refractivity contribution in [2.75, 3.05) is 19.8 Å². The van der Waals surface area contributed by atoms with Crippen LogP contribution in [0.2, 0.25) is 0 Å². The van der Waals surface area contributed by atoms with Crippen molar-refractivity contribution < 1.29 is 79.9 Å². The lowest BCUT2D eigenvalue weighted by Crippen LogP contribution is -2.66. The monoisotopic (exact) mass is 504 g/mol. The van der Waals surface area contributed by atoms with E-state index in [2.05, 4.69) is 0 Å². The Kier molecular flexibility index (Phi) is 9.54. The van der Waals surface area contributed by atoms with Crippen LogP contribution in [-0.4, -0.2) is 168 Å². The third-order valence-corrected chi connectivity index (χ3v) is 6.10. The summed E-state index contributed by atoms with van der Waals surface area (Å²) in [6.07, 6.45) is -25.7. The third-order valence-electron chi connectivity index (χ3n) is 6.10. The molecule has 0 aromatic heterocycles. The van der Waals surface area contributed by atoms with E-state index in [0.29, 0.717) is 0 Å². The number of hydrogen-bond acceptors (Lipinski definition) is 16. The Morgan fingerprint density at radius 2 is 0.853 bits per heavy atom. The van der Waals surface area contributed by atoms with Gasteiger partial charge in [0.15, 0.2) is 18.9 Å². The zero-order chi connectivity index (χ0) is 25.3. The Hall–Kier alpha value is -0.640. The molecule has 0 aromatic rings. The number of ether oxygens (including phenoxy) is 5. The first-order valence-corrected chi connectivity index (χ1v) is 10.6. The minimum atomic E-state index is -1.90. The maximum atomic E-state index is 10.6. The fourth-order valence-electron chi connectivity index (χ4n) is 4.02. The van der Waals surface area contributed by atoms with Gasteiger partial charge in [-0.3, -0.25) is 0 Å². The van der Waals surface area contributed by atoms with Gasteiger partial charge in [0, 0.05) is 0 Å². The second-order valence-corrected chi connectivity index (χ2v) is 8.33. The van der Waals surface area contributed by atoms with Crippen LogP contribution in [-0.2, 0) is 23.7 Å². The fraction of sp³-hybridized carbons (Fsp3) is 1.00. The molecule has 0 unspecified atom stereocenters. The van der Waals surface area contributed by atoms with Gasteiger partial charge in [0.1, 0.15) is 73.2 Å². The van der Waals surface area contributed by atoms with E-state index in [9.17, 15) is 56.2 Å². The van der Waals surface area contributed by atoms with E-state index in [0.717, 1.165) is 0 Å². The standard InChI is InChI=1S/C18H32O16/c19-1-4-8(23)11(26)14(16(29)30-4)33-18-15(12(27)9(24)6(3-21)32-18)34-17-13(28)10(25)7(22)5(2-20)31-17/h4-29H,1-3H2/t4-,5-,6-,7-,8-,9-,10+,11+,12+,13-,14-,15-,16+,17+,18+/m1/s1. The van der Waals surface area contributed by atoms with E-state index in [1.165, 1.54) is 0 Å². The molecule has 34 heavy (non-hydrogen) atoms. The molecule has 16 nitrogen and oxygen atoms in total. The largest absolute Gasteiger partial charge is 0.394 e. The molecule has 3 aliphatic heterocycles. The second-order valence-electron chi connectivity index (χ2n) is 8.33. The summed E-state index contributed by atoms with van der Waals surface area (Å²) < 4.78 is 26.5. The van der Waals surface area contributed by atoms with Gasteiger partial charge in [0.25, 0.3) is 0 Å². The Labute approximate surface area is 192 Å². The van der Waals surface area contributed by atoms with Gasteiger partial charge >= 0.3 is 0 Å². The lowest BCUT2D eigenvalue weighted by Gasteiger charge is -2.48. The Balaban J connectivity index is 1.82. The molecule has 3 saturated heterocycles. The molecule has 0 bridgehead atoms. The molecule has 0 saturated carbocycles. The molecular weight excluding hydrogens is 472 g/mol. The molecule has 3 heterocycles. The van der Waals surface area contributed by atoms with Crippen molar-refractivity contribution in [1.29, 1.82) is 0 Å². The normalized spacial score (nSPS) is 52.5. The predicted octanol–water partition coefficient (Wildman–Crippen LogP) is -7.57. The van der Waals surface area contributed by atoms with Crippen molar-refractivity contribution in [2.45, 2.75) is 92.1 Å². The topological polar surface area (TPSA) is 269 Å². The first kappa shape index (κ1) is 27.9. The molecule has 0 aromatic carbocycles. The summed E-state index contributed by atoms with van der Waals surface area (Å²) >= 11 is 0. The minimum absolute atomic E-state index is 0.734. The molecule has 200 valence electrons. The maximum absolute atomic E-state index is 10.6. The number of rotatable bonds is 7. The lowest BCUT2D eigenvalue weighted by atomic mass is 9.96. The summed E-state index contributed by atoms with van der Waals surface area (Å²) in [5.74, 6) is 0. The smallest absolute Gasteiger partial charge is 0.187 e. The van der Waals surface area contributed by atoms with E-state index in [4.69, 9.17) is 23.7 Å². The van der Waals surface area contributed by atoms with Gasteiger partial charge in [-0.1, -0.05) is 0 Å². The van der Waals surface area contributed by atoms with E-state index < -0.39 is 112 Å². The van der Waals surface area contributed by atoms with Crippen molar-refractivity contribution >= 4 is 0 Å². The quantitative estimate of drug-likeness (QED) is 0.154. The van der Waals surface area contributed by atoms with Crippen LogP contribution in [0.3, 0.4) is 0 Å². The zero-order valence-corrected chi connectivity index (χ0v) is 17.7. The highest BCUT2D eigenvalue weighted by Crippen LogP contribution is 2.32. The highest BCUT2D eigenvalue weighted by atomic mass is 16.8. The van der Waals surface area contributed by atoms with Crippen LogP contribution in [0.15, 0.2) is 0 Å². The number of aliphatic hydroxyl groups is 11. The summed E-state index contributed by atoms with van der Waals surface area (Å²) in [5.41, 5.74) is 0. The first-order chi connectivity index (χ1) is 16.0. The summed E-state index contributed by atoms with van der Waals surface area (Å²) in [6.45, 7) is -2.31. The Morgan fingerprint density at radius 1 is 0.441 bits per heavy atom. The van der Waals surface area contributed by atoms with Gasteiger partial charge < -0.3 is 79.9 Å². The van der Waals surface area contributed by atoms with E-state index in [-0.39, 0.29) is 0 Å². The highest BCUT2D eigenvalue weighted by Gasteiger charge is 2.53. The predicted molar refractivity (Wildman–Crippen MR) is 101 cm³/mol. The Bertz CT molecular complexity index is 639. The van der Waals surface area contributed by atoms with Gasteiger partial charge in [0.05, 0.1) is 19.8 Å². The summed E-state index contributed by atoms with van der Waals surface area (Å²) in [4.78, 5) is 0. The van der Waals surface area contributed by atoms with Crippen LogP contribution < -0.4 is 0 Å². The van der Waals surface area contributed by atoms with Crippen LogP contribution in [0.5, 0.6) is 0 Å². The summed E-state index contributed by atoms with van der Waals surface area (Å²) in [7, 11) is 0. The summed E-state index contributed by atoms with van der Waals surface area (Å²) in [6, 6.07) is 0. The molecular formula is C18H32O16. The molecule has 3 aliphatic rings. The van der Waals surface area contributed by atoms with Crippen molar-refractivity contribution in [1.82, 2.24) is 0 Å². The van der Waals surface area contributed by atoms with Gasteiger partial charge in [-0.05, 0) is 0 Å². The summed E-state index contributed by atoms with van der Waals surface area (Å²) in [5, 5.41) is 109.